The first-order valence-electron chi connectivity index (χ1n) is 9.87. The second-order valence-corrected chi connectivity index (χ2v) is 7.66. The highest BCUT2D eigenvalue weighted by Crippen LogP contribution is 2.39. The van der Waals surface area contributed by atoms with Crippen molar-refractivity contribution in [3.63, 3.8) is 0 Å². The molecule has 3 aromatic rings. The molecule has 1 saturated heterocycles. The van der Waals surface area contributed by atoms with Crippen LogP contribution in [0, 0.1) is 15.9 Å². The van der Waals surface area contributed by atoms with Crippen LogP contribution in [0.25, 0.3) is 11.0 Å². The Labute approximate surface area is 175 Å². The van der Waals surface area contributed by atoms with Crippen LogP contribution in [0.2, 0.25) is 0 Å². The van der Waals surface area contributed by atoms with Crippen LogP contribution in [-0.4, -0.2) is 35.0 Å². The van der Waals surface area contributed by atoms with Gasteiger partial charge in [0.15, 0.2) is 5.43 Å². The highest BCUT2D eigenvalue weighted by atomic mass is 19.1. The van der Waals surface area contributed by atoms with Crippen molar-refractivity contribution < 1.29 is 23.3 Å². The first-order valence-corrected chi connectivity index (χ1v) is 9.87. The molecule has 0 spiro atoms. The molecule has 1 aromatic heterocycles. The summed E-state index contributed by atoms with van der Waals surface area (Å²) in [5.41, 5.74) is -0.124. The number of rotatable bonds is 4. The zero-order chi connectivity index (χ0) is 21.7. The molecule has 2 aliphatic rings. The lowest BCUT2D eigenvalue weighted by atomic mass is 9.98. The predicted octanol–water partition coefficient (Wildman–Crippen LogP) is 3.56. The highest BCUT2D eigenvalue weighted by Gasteiger charge is 2.44. The number of ether oxygens (including phenoxy) is 1. The van der Waals surface area contributed by atoms with E-state index in [2.05, 4.69) is 0 Å². The fraction of sp³-hybridized carbons (Fsp3) is 0.273. The lowest BCUT2D eigenvalue weighted by molar-refractivity contribution is -0.384. The Hall–Kier alpha value is -3.59. The number of nitro benzene ring substituents is 1. The summed E-state index contributed by atoms with van der Waals surface area (Å²) >= 11 is 0. The molecule has 2 aromatic carbocycles. The summed E-state index contributed by atoms with van der Waals surface area (Å²) in [5, 5.41) is 11.3. The number of nitrogens with zero attached hydrogens (tertiary/aromatic N) is 2. The molecular formula is C22H17FN2O6. The molecule has 2 aliphatic heterocycles. The van der Waals surface area contributed by atoms with E-state index in [1.165, 1.54) is 29.2 Å². The average Bonchev–Trinajstić information content (AvgIpc) is 3.36. The van der Waals surface area contributed by atoms with Crippen molar-refractivity contribution >= 4 is 22.6 Å². The van der Waals surface area contributed by atoms with Gasteiger partial charge in [-0.1, -0.05) is 12.1 Å². The van der Waals surface area contributed by atoms with Crippen molar-refractivity contribution in [3.8, 4) is 0 Å². The number of non-ortho nitro benzene ring substituents is 1. The number of nitro groups is 1. The number of fused-ring (bicyclic) bond motifs is 2. The molecular weight excluding hydrogens is 407 g/mol. The van der Waals surface area contributed by atoms with Gasteiger partial charge >= 0.3 is 0 Å². The summed E-state index contributed by atoms with van der Waals surface area (Å²) in [5.74, 6) is -1.23. The van der Waals surface area contributed by atoms with E-state index in [-0.39, 0.29) is 40.6 Å². The third kappa shape index (κ3) is 3.17. The molecule has 0 saturated carbocycles. The maximum Gasteiger partial charge on any atom is 0.291 e. The van der Waals surface area contributed by atoms with Crippen LogP contribution in [0.1, 0.15) is 40.6 Å². The van der Waals surface area contributed by atoms with Crippen LogP contribution in [-0.2, 0) is 4.74 Å². The standard InChI is InChI=1S/C22H17FN2O6/c23-13-6-7-17-16(10-13)20(26)18-19(12-3-1-4-14(9-12)25(28)29)24(22(27)21(18)31-17)11-15-5-2-8-30-15/h1,3-4,6-7,9-10,15,19H,2,5,8,11H2. The molecule has 0 aliphatic carbocycles. The second kappa shape index (κ2) is 7.28. The Morgan fingerprint density at radius 3 is 2.77 bits per heavy atom. The minimum Gasteiger partial charge on any atom is -0.450 e. The minimum atomic E-state index is -0.893. The molecule has 0 N–H and O–H groups in total. The topological polar surface area (TPSA) is 103 Å². The van der Waals surface area contributed by atoms with E-state index in [4.69, 9.17) is 9.15 Å². The molecule has 158 valence electrons. The maximum atomic E-state index is 13.8. The molecule has 31 heavy (non-hydrogen) atoms. The molecule has 0 bridgehead atoms. The van der Waals surface area contributed by atoms with Crippen LogP contribution < -0.4 is 5.43 Å². The van der Waals surface area contributed by atoms with Gasteiger partial charge in [0.2, 0.25) is 5.76 Å². The molecule has 1 amide bonds. The fourth-order valence-electron chi connectivity index (χ4n) is 4.34. The fourth-order valence-corrected chi connectivity index (χ4v) is 4.34. The van der Waals surface area contributed by atoms with Gasteiger partial charge in [-0.05, 0) is 36.6 Å². The molecule has 5 rings (SSSR count). The van der Waals surface area contributed by atoms with Gasteiger partial charge in [0.25, 0.3) is 11.6 Å². The van der Waals surface area contributed by atoms with Gasteiger partial charge < -0.3 is 14.1 Å². The van der Waals surface area contributed by atoms with E-state index in [0.29, 0.717) is 12.2 Å². The van der Waals surface area contributed by atoms with Crippen molar-refractivity contribution in [2.75, 3.05) is 13.2 Å². The number of halogens is 1. The van der Waals surface area contributed by atoms with E-state index >= 15 is 0 Å². The Bertz CT molecular complexity index is 1280. The minimum absolute atomic E-state index is 0.0148. The zero-order valence-corrected chi connectivity index (χ0v) is 16.2. The first kappa shape index (κ1) is 19.4. The third-order valence-electron chi connectivity index (χ3n) is 5.75. The predicted molar refractivity (Wildman–Crippen MR) is 107 cm³/mol. The SMILES string of the molecule is O=C1c2oc3ccc(F)cc3c(=O)c2C(c2cccc([N+](=O)[O-])c2)N1CC1CCCO1. The van der Waals surface area contributed by atoms with E-state index in [1.807, 2.05) is 0 Å². The van der Waals surface area contributed by atoms with Crippen LogP contribution in [0.3, 0.4) is 0 Å². The molecule has 2 unspecified atom stereocenters. The zero-order valence-electron chi connectivity index (χ0n) is 16.2. The molecule has 8 nitrogen and oxygen atoms in total. The smallest absolute Gasteiger partial charge is 0.291 e. The van der Waals surface area contributed by atoms with E-state index in [9.17, 15) is 24.1 Å². The largest absolute Gasteiger partial charge is 0.450 e. The van der Waals surface area contributed by atoms with Crippen molar-refractivity contribution in [1.82, 2.24) is 4.90 Å². The van der Waals surface area contributed by atoms with Crippen LogP contribution >= 0.6 is 0 Å². The quantitative estimate of drug-likeness (QED) is 0.469. The van der Waals surface area contributed by atoms with Gasteiger partial charge in [0.05, 0.1) is 28.0 Å². The van der Waals surface area contributed by atoms with Gasteiger partial charge in [-0.15, -0.1) is 0 Å². The number of benzene rings is 2. The van der Waals surface area contributed by atoms with Gasteiger partial charge in [-0.2, -0.15) is 0 Å². The Morgan fingerprint density at radius 2 is 2.03 bits per heavy atom. The number of hydrogen-bond donors (Lipinski definition) is 0. The summed E-state index contributed by atoms with van der Waals surface area (Å²) < 4.78 is 25.2. The van der Waals surface area contributed by atoms with Gasteiger partial charge in [-0.25, -0.2) is 4.39 Å². The average molecular weight is 424 g/mol. The Kier molecular flexibility index (Phi) is 4.55. The van der Waals surface area contributed by atoms with Gasteiger partial charge in [0, 0.05) is 25.3 Å². The van der Waals surface area contributed by atoms with E-state index in [0.717, 1.165) is 25.0 Å². The van der Waals surface area contributed by atoms with E-state index in [1.54, 1.807) is 6.07 Å². The maximum absolute atomic E-state index is 13.8. The summed E-state index contributed by atoms with van der Waals surface area (Å²) in [6, 6.07) is 8.44. The number of hydrogen-bond acceptors (Lipinski definition) is 6. The molecule has 0 radical (unpaired) electrons. The lowest BCUT2D eigenvalue weighted by Crippen LogP contribution is -2.36. The monoisotopic (exact) mass is 424 g/mol. The van der Waals surface area contributed by atoms with Crippen molar-refractivity contribution in [1.29, 1.82) is 0 Å². The van der Waals surface area contributed by atoms with E-state index < -0.39 is 28.1 Å². The van der Waals surface area contributed by atoms with Gasteiger partial charge in [-0.3, -0.25) is 19.7 Å². The summed E-state index contributed by atoms with van der Waals surface area (Å²) in [6.45, 7) is 0.794. The Morgan fingerprint density at radius 1 is 1.19 bits per heavy atom. The third-order valence-corrected chi connectivity index (χ3v) is 5.75. The summed E-state index contributed by atoms with van der Waals surface area (Å²) in [4.78, 5) is 38.8. The molecule has 3 heterocycles. The molecule has 1 fully saturated rings. The van der Waals surface area contributed by atoms with Crippen molar-refractivity contribution in [2.24, 2.45) is 0 Å². The van der Waals surface area contributed by atoms with Crippen LogP contribution in [0.5, 0.6) is 0 Å². The summed E-state index contributed by atoms with van der Waals surface area (Å²) in [7, 11) is 0. The lowest BCUT2D eigenvalue weighted by Gasteiger charge is -2.27. The van der Waals surface area contributed by atoms with Crippen molar-refractivity contribution in [2.45, 2.75) is 25.0 Å². The number of amides is 1. The van der Waals surface area contributed by atoms with Gasteiger partial charge in [0.1, 0.15) is 11.4 Å². The van der Waals surface area contributed by atoms with Crippen LogP contribution in [0.15, 0.2) is 51.7 Å². The Balaban J connectivity index is 1.72. The first-order chi connectivity index (χ1) is 14.9. The van der Waals surface area contributed by atoms with Crippen molar-refractivity contribution in [3.05, 3.63) is 85.5 Å². The second-order valence-electron chi connectivity index (χ2n) is 7.66. The molecule has 9 heteroatoms. The highest BCUT2D eigenvalue weighted by molar-refractivity contribution is 5.99. The number of carbonyl (C=O) groups is 1. The summed E-state index contributed by atoms with van der Waals surface area (Å²) in [6.07, 6.45) is 1.42. The normalized spacial score (nSPS) is 20.4. The molecule has 2 atom stereocenters. The van der Waals surface area contributed by atoms with Crippen LogP contribution in [0.4, 0.5) is 10.1 Å². The number of carbonyl (C=O) groups excluding carboxylic acids is 1.